The highest BCUT2D eigenvalue weighted by molar-refractivity contribution is 5.89. The Morgan fingerprint density at radius 1 is 0.900 bits per heavy atom. The van der Waals surface area contributed by atoms with Gasteiger partial charge in [0.15, 0.2) is 18.1 Å². The van der Waals surface area contributed by atoms with Gasteiger partial charge in [-0.2, -0.15) is 0 Å². The molecule has 2 aromatic rings. The minimum absolute atomic E-state index is 0.321. The zero-order valence-corrected chi connectivity index (χ0v) is 17.4. The lowest BCUT2D eigenvalue weighted by Crippen LogP contribution is -2.28. The number of benzene rings is 2. The van der Waals surface area contributed by atoms with E-state index in [-0.39, 0.29) is 6.61 Å². The molecule has 0 spiro atoms. The van der Waals surface area contributed by atoms with Crippen molar-refractivity contribution < 1.29 is 33.3 Å². The van der Waals surface area contributed by atoms with Crippen molar-refractivity contribution in [2.24, 2.45) is 0 Å². The molecule has 0 saturated carbocycles. The molecule has 2 rings (SSSR count). The molecule has 0 atom stereocenters. The molecule has 0 radical (unpaired) electrons. The summed E-state index contributed by atoms with van der Waals surface area (Å²) >= 11 is 0. The largest absolute Gasteiger partial charge is 0.497 e. The molecule has 0 aliphatic carbocycles. The second-order valence-electron chi connectivity index (χ2n) is 6.02. The molecule has 8 heteroatoms. The summed E-state index contributed by atoms with van der Waals surface area (Å²) in [6.07, 6.45) is 2.75. The van der Waals surface area contributed by atoms with Crippen molar-refractivity contribution in [3.63, 3.8) is 0 Å². The summed E-state index contributed by atoms with van der Waals surface area (Å²) in [6.45, 7) is -0.0593. The molecule has 1 amide bonds. The zero-order chi connectivity index (χ0) is 21.9. The van der Waals surface area contributed by atoms with Crippen LogP contribution >= 0.6 is 0 Å². The minimum Gasteiger partial charge on any atom is -0.497 e. The van der Waals surface area contributed by atoms with E-state index in [9.17, 15) is 9.59 Å². The number of methoxy groups -OCH3 is 4. The number of carbonyl (C=O) groups is 2. The number of rotatable bonds is 10. The second kappa shape index (κ2) is 11.4. The number of nitrogens with one attached hydrogen (secondary N) is 1. The van der Waals surface area contributed by atoms with E-state index in [2.05, 4.69) is 5.32 Å². The van der Waals surface area contributed by atoms with E-state index in [4.69, 9.17) is 23.7 Å². The Morgan fingerprint density at radius 2 is 1.53 bits per heavy atom. The predicted molar refractivity (Wildman–Crippen MR) is 111 cm³/mol. The first-order chi connectivity index (χ1) is 14.5. The van der Waals surface area contributed by atoms with Crippen LogP contribution in [0.2, 0.25) is 0 Å². The Morgan fingerprint density at radius 3 is 2.07 bits per heavy atom. The molecule has 0 fully saturated rings. The van der Waals surface area contributed by atoms with Gasteiger partial charge in [0.25, 0.3) is 5.91 Å². The number of amides is 1. The molecular formula is C22H25NO7. The molecular weight excluding hydrogens is 390 g/mol. The van der Waals surface area contributed by atoms with Crippen LogP contribution in [0.25, 0.3) is 6.08 Å². The maximum atomic E-state index is 11.9. The second-order valence-corrected chi connectivity index (χ2v) is 6.02. The van der Waals surface area contributed by atoms with Gasteiger partial charge in [-0.15, -0.1) is 0 Å². The van der Waals surface area contributed by atoms with E-state index in [0.717, 1.165) is 11.3 Å². The van der Waals surface area contributed by atoms with Gasteiger partial charge in [0.05, 0.1) is 28.4 Å². The lowest BCUT2D eigenvalue weighted by atomic mass is 10.1. The van der Waals surface area contributed by atoms with Gasteiger partial charge in [0, 0.05) is 12.6 Å². The highest BCUT2D eigenvalue weighted by Crippen LogP contribution is 2.38. The SMILES string of the molecule is COc1ccc(CNC(=O)COC(=O)C=Cc2cc(OC)c(OC)c(OC)c2)cc1. The van der Waals surface area contributed by atoms with Crippen molar-refractivity contribution in [2.75, 3.05) is 35.0 Å². The van der Waals surface area contributed by atoms with Crippen molar-refractivity contribution in [3.8, 4) is 23.0 Å². The summed E-state index contributed by atoms with van der Waals surface area (Å²) in [5.41, 5.74) is 1.54. The Bertz CT molecular complexity index is 866. The molecule has 0 aromatic heterocycles. The van der Waals surface area contributed by atoms with Crippen LogP contribution in [-0.4, -0.2) is 46.9 Å². The summed E-state index contributed by atoms with van der Waals surface area (Å²) < 4.78 is 25.8. The summed E-state index contributed by atoms with van der Waals surface area (Å²) in [5.74, 6) is 1.06. The maximum Gasteiger partial charge on any atom is 0.331 e. The van der Waals surface area contributed by atoms with Gasteiger partial charge in [-0.25, -0.2) is 4.79 Å². The van der Waals surface area contributed by atoms with Gasteiger partial charge in [0.1, 0.15) is 5.75 Å². The first-order valence-corrected chi connectivity index (χ1v) is 9.05. The third kappa shape index (κ3) is 6.44. The van der Waals surface area contributed by atoms with Gasteiger partial charge >= 0.3 is 5.97 Å². The van der Waals surface area contributed by atoms with Crippen LogP contribution in [0.3, 0.4) is 0 Å². The quantitative estimate of drug-likeness (QED) is 0.471. The first-order valence-electron chi connectivity index (χ1n) is 9.05. The van der Waals surface area contributed by atoms with E-state index >= 15 is 0 Å². The Labute approximate surface area is 175 Å². The van der Waals surface area contributed by atoms with Crippen molar-refractivity contribution in [1.29, 1.82) is 0 Å². The smallest absolute Gasteiger partial charge is 0.331 e. The molecule has 0 aliphatic rings. The summed E-state index contributed by atoms with van der Waals surface area (Å²) in [7, 11) is 6.10. The third-order valence-electron chi connectivity index (χ3n) is 4.09. The average molecular weight is 415 g/mol. The molecule has 0 heterocycles. The van der Waals surface area contributed by atoms with Crippen LogP contribution < -0.4 is 24.3 Å². The number of ether oxygens (including phenoxy) is 5. The summed E-state index contributed by atoms with van der Waals surface area (Å²) in [5, 5.41) is 2.68. The lowest BCUT2D eigenvalue weighted by Gasteiger charge is -2.12. The average Bonchev–Trinajstić information content (AvgIpc) is 2.79. The summed E-state index contributed by atoms with van der Waals surface area (Å²) in [6, 6.07) is 10.7. The first kappa shape index (κ1) is 22.6. The Kier molecular flexibility index (Phi) is 8.56. The van der Waals surface area contributed by atoms with Crippen LogP contribution in [0, 0.1) is 0 Å². The number of hydrogen-bond acceptors (Lipinski definition) is 7. The molecule has 0 saturated heterocycles. The van der Waals surface area contributed by atoms with Crippen LogP contribution in [0.5, 0.6) is 23.0 Å². The van der Waals surface area contributed by atoms with Crippen LogP contribution in [0.1, 0.15) is 11.1 Å². The topological polar surface area (TPSA) is 92.3 Å². The normalized spacial score (nSPS) is 10.4. The fourth-order valence-electron chi connectivity index (χ4n) is 2.54. The monoisotopic (exact) mass is 415 g/mol. The third-order valence-corrected chi connectivity index (χ3v) is 4.09. The maximum absolute atomic E-state index is 11.9. The molecule has 8 nitrogen and oxygen atoms in total. The van der Waals surface area contributed by atoms with Gasteiger partial charge < -0.3 is 29.0 Å². The molecule has 0 unspecified atom stereocenters. The molecule has 0 aliphatic heterocycles. The van der Waals surface area contributed by atoms with Crippen molar-refractivity contribution in [3.05, 3.63) is 53.6 Å². The Hall–Kier alpha value is -3.68. The summed E-state index contributed by atoms with van der Waals surface area (Å²) in [4.78, 5) is 23.8. The van der Waals surface area contributed by atoms with E-state index in [0.29, 0.717) is 29.4 Å². The standard InChI is InChI=1S/C22H25NO7/c1-26-17-8-5-15(6-9-17)13-23-20(24)14-30-21(25)10-7-16-11-18(27-2)22(29-4)19(12-16)28-3/h5-12H,13-14H2,1-4H3,(H,23,24). The van der Waals surface area contributed by atoms with Gasteiger partial charge in [-0.05, 0) is 41.5 Å². The van der Waals surface area contributed by atoms with Gasteiger partial charge in [-0.1, -0.05) is 12.1 Å². The van der Waals surface area contributed by atoms with Crippen LogP contribution in [-0.2, 0) is 20.9 Å². The van der Waals surface area contributed by atoms with Gasteiger partial charge in [0.2, 0.25) is 5.75 Å². The Balaban J connectivity index is 1.86. The molecule has 0 bridgehead atoms. The van der Waals surface area contributed by atoms with E-state index in [1.807, 2.05) is 12.1 Å². The fraction of sp³-hybridized carbons (Fsp3) is 0.273. The van der Waals surface area contributed by atoms with E-state index < -0.39 is 11.9 Å². The number of carbonyl (C=O) groups excluding carboxylic acids is 2. The molecule has 30 heavy (non-hydrogen) atoms. The molecule has 1 N–H and O–H groups in total. The van der Waals surface area contributed by atoms with Crippen molar-refractivity contribution in [2.45, 2.75) is 6.54 Å². The van der Waals surface area contributed by atoms with Crippen molar-refractivity contribution in [1.82, 2.24) is 5.32 Å². The van der Waals surface area contributed by atoms with Crippen molar-refractivity contribution >= 4 is 18.0 Å². The zero-order valence-electron chi connectivity index (χ0n) is 17.4. The van der Waals surface area contributed by atoms with E-state index in [1.165, 1.54) is 33.5 Å². The van der Waals surface area contributed by atoms with Crippen LogP contribution in [0.15, 0.2) is 42.5 Å². The minimum atomic E-state index is -0.650. The van der Waals surface area contributed by atoms with Gasteiger partial charge in [-0.3, -0.25) is 4.79 Å². The van der Waals surface area contributed by atoms with Crippen LogP contribution in [0.4, 0.5) is 0 Å². The predicted octanol–water partition coefficient (Wildman–Crippen LogP) is 2.59. The molecule has 2 aromatic carbocycles. The number of esters is 1. The highest BCUT2D eigenvalue weighted by Gasteiger charge is 2.12. The molecule has 160 valence electrons. The highest BCUT2D eigenvalue weighted by atomic mass is 16.5. The fourth-order valence-corrected chi connectivity index (χ4v) is 2.54. The lowest BCUT2D eigenvalue weighted by molar-refractivity contribution is -0.143. The number of hydrogen-bond donors (Lipinski definition) is 1. The van der Waals surface area contributed by atoms with E-state index in [1.54, 1.807) is 31.4 Å².